The Bertz CT molecular complexity index is 1600. The van der Waals surface area contributed by atoms with Gasteiger partial charge in [0.25, 0.3) is 0 Å². The highest BCUT2D eigenvalue weighted by molar-refractivity contribution is 5.16. The summed E-state index contributed by atoms with van der Waals surface area (Å²) in [4.78, 5) is 0. The number of hydrogen-bond donors (Lipinski definition) is 11. The minimum atomic E-state index is -1.91. The standard InChI is InChI=1S/C45H74O19/c1-18-7-10-45(57-17-18)19(2)30-26(64-45)12-23-21-6-5-20-11-25(24(49)13-44(20,4)22(21)8-9-43(23,30)3)58-40-37(56)35(54)38(29(16-48)61-40)62-42-39(34(53)32(51)28(15-47)60-42)63-41-36(55)33(52)31(50)27(14-46)59-41/h18-42,46-56H,5-17H2,1-4H3/t18?,19-,20-,21+,22-,23-,24+,25+,26-,27+,28+,29+,30-,31-,32+,33-,34-,35+,36+,37+,38-,39+,40+,41-,42-,43-,44-,45+/m0/s1. The molecule has 0 amide bonds. The average molecular weight is 919 g/mol. The van der Waals surface area contributed by atoms with Crippen molar-refractivity contribution in [1.29, 1.82) is 0 Å². The SMILES string of the molecule is CC1CC[C@@]2(OC1)O[C@H]1C[C@H]3[C@@H]4CC[C@H]5C[C@@H](O[C@@H]6O[C@H](CO)[C@H](O[C@@H]7O[C@H](CO)[C@@H](O)[C@H](O)[C@H]7O[C@@H]7O[C@H](CO)[C@H](O)[C@H](O)[C@H]7O)[C@H](O)[C@H]6O)[C@H](O)C[C@]5(C)[C@H]4CC[C@]3(C)[C@H]1[C@@H]2C. The van der Waals surface area contributed by atoms with Crippen molar-refractivity contribution in [2.75, 3.05) is 26.4 Å². The first kappa shape index (κ1) is 48.3. The molecule has 19 heteroatoms. The lowest BCUT2D eigenvalue weighted by Crippen LogP contribution is -2.67. The van der Waals surface area contributed by atoms with Crippen LogP contribution in [0.25, 0.3) is 0 Å². The largest absolute Gasteiger partial charge is 0.394 e. The monoisotopic (exact) mass is 918 g/mol. The number of ether oxygens (including phenoxy) is 8. The fourth-order valence-electron chi connectivity index (χ4n) is 14.7. The molecule has 19 nitrogen and oxygen atoms in total. The maximum atomic E-state index is 11.8. The van der Waals surface area contributed by atoms with Gasteiger partial charge in [0.2, 0.25) is 0 Å². The van der Waals surface area contributed by atoms with E-state index in [0.29, 0.717) is 48.3 Å². The van der Waals surface area contributed by atoms with Gasteiger partial charge in [-0.2, -0.15) is 0 Å². The van der Waals surface area contributed by atoms with E-state index in [1.807, 2.05) is 0 Å². The van der Waals surface area contributed by atoms with E-state index in [1.54, 1.807) is 0 Å². The highest BCUT2D eigenvalue weighted by Crippen LogP contribution is 2.71. The van der Waals surface area contributed by atoms with Gasteiger partial charge in [-0.3, -0.25) is 0 Å². The van der Waals surface area contributed by atoms with Gasteiger partial charge in [0.15, 0.2) is 24.7 Å². The first-order valence-corrected chi connectivity index (χ1v) is 23.9. The van der Waals surface area contributed by atoms with Gasteiger partial charge in [0.05, 0.1) is 44.7 Å². The van der Waals surface area contributed by atoms with Gasteiger partial charge in [-0.25, -0.2) is 0 Å². The van der Waals surface area contributed by atoms with Crippen LogP contribution >= 0.6 is 0 Å². The molecule has 9 rings (SSSR count). The third-order valence-electron chi connectivity index (χ3n) is 18.3. The maximum absolute atomic E-state index is 11.8. The van der Waals surface area contributed by atoms with E-state index in [9.17, 15) is 56.2 Å². The summed E-state index contributed by atoms with van der Waals surface area (Å²) in [6, 6.07) is 0. The lowest BCUT2D eigenvalue weighted by atomic mass is 9.44. The molecule has 64 heavy (non-hydrogen) atoms. The van der Waals surface area contributed by atoms with Crippen molar-refractivity contribution in [3.05, 3.63) is 0 Å². The molecule has 4 saturated carbocycles. The quantitative estimate of drug-likeness (QED) is 0.114. The Morgan fingerprint density at radius 1 is 0.578 bits per heavy atom. The molecule has 5 heterocycles. The lowest BCUT2D eigenvalue weighted by molar-refractivity contribution is -0.391. The molecule has 9 fully saturated rings. The highest BCUT2D eigenvalue weighted by atomic mass is 16.8. The summed E-state index contributed by atoms with van der Waals surface area (Å²) in [7, 11) is 0. The molecule has 0 aromatic heterocycles. The Labute approximate surface area is 373 Å². The summed E-state index contributed by atoms with van der Waals surface area (Å²) in [5, 5.41) is 118. The minimum absolute atomic E-state index is 0.144. The van der Waals surface area contributed by atoms with Crippen molar-refractivity contribution in [3.63, 3.8) is 0 Å². The molecule has 5 aliphatic heterocycles. The molecule has 1 spiro atoms. The lowest BCUT2D eigenvalue weighted by Gasteiger charge is -2.62. The van der Waals surface area contributed by atoms with Crippen LogP contribution in [0, 0.1) is 52.3 Å². The van der Waals surface area contributed by atoms with Crippen LogP contribution in [0.2, 0.25) is 0 Å². The number of fused-ring (bicyclic) bond motifs is 7. The molecule has 0 aromatic carbocycles. The summed E-state index contributed by atoms with van der Waals surface area (Å²) in [6.45, 7) is 7.85. The van der Waals surface area contributed by atoms with Crippen LogP contribution in [0.1, 0.15) is 85.5 Å². The molecule has 5 saturated heterocycles. The summed E-state index contributed by atoms with van der Waals surface area (Å²) >= 11 is 0. The van der Waals surface area contributed by atoms with E-state index < -0.39 is 130 Å². The average Bonchev–Trinajstić information content (AvgIpc) is 3.72. The van der Waals surface area contributed by atoms with E-state index in [-0.39, 0.29) is 22.9 Å². The van der Waals surface area contributed by atoms with Crippen LogP contribution in [-0.4, -0.2) is 199 Å². The van der Waals surface area contributed by atoms with E-state index in [2.05, 4.69) is 27.7 Å². The molecule has 0 aromatic rings. The van der Waals surface area contributed by atoms with Crippen LogP contribution in [0.15, 0.2) is 0 Å². The summed E-state index contributed by atoms with van der Waals surface area (Å²) in [5.41, 5.74) is 0.0147. The molecule has 0 radical (unpaired) electrons. The number of rotatable bonds is 9. The Hall–Kier alpha value is -0.760. The van der Waals surface area contributed by atoms with Crippen LogP contribution in [0.4, 0.5) is 0 Å². The second-order valence-electron chi connectivity index (χ2n) is 21.7. The van der Waals surface area contributed by atoms with Crippen molar-refractivity contribution in [1.82, 2.24) is 0 Å². The molecule has 368 valence electrons. The highest BCUT2D eigenvalue weighted by Gasteiger charge is 2.69. The normalized spacial score (nSPS) is 58.6. The Morgan fingerprint density at radius 3 is 1.86 bits per heavy atom. The first-order valence-electron chi connectivity index (χ1n) is 23.9. The van der Waals surface area contributed by atoms with Crippen molar-refractivity contribution in [2.24, 2.45) is 52.3 Å². The first-order chi connectivity index (χ1) is 30.4. The van der Waals surface area contributed by atoms with Gasteiger partial charge in [-0.1, -0.05) is 27.7 Å². The summed E-state index contributed by atoms with van der Waals surface area (Å²) in [6.07, 6.45) is -18.5. The molecule has 11 N–H and O–H groups in total. The predicted molar refractivity (Wildman–Crippen MR) is 217 cm³/mol. The molecule has 0 bridgehead atoms. The Morgan fingerprint density at radius 2 is 1.19 bits per heavy atom. The van der Waals surface area contributed by atoms with E-state index in [4.69, 9.17) is 37.9 Å². The van der Waals surface area contributed by atoms with Crippen molar-refractivity contribution in [3.8, 4) is 0 Å². The molecular weight excluding hydrogens is 844 g/mol. The van der Waals surface area contributed by atoms with Crippen LogP contribution in [-0.2, 0) is 37.9 Å². The fraction of sp³-hybridized carbons (Fsp3) is 1.00. The zero-order chi connectivity index (χ0) is 45.8. The van der Waals surface area contributed by atoms with Gasteiger partial charge >= 0.3 is 0 Å². The van der Waals surface area contributed by atoms with Gasteiger partial charge in [0.1, 0.15) is 73.2 Å². The molecule has 9 aliphatic rings. The number of aliphatic hydroxyl groups excluding tert-OH is 11. The third-order valence-corrected chi connectivity index (χ3v) is 18.3. The predicted octanol–water partition coefficient (Wildman–Crippen LogP) is -1.76. The summed E-state index contributed by atoms with van der Waals surface area (Å²) in [5.74, 6) is 2.57. The third kappa shape index (κ3) is 7.85. The molecule has 4 aliphatic carbocycles. The van der Waals surface area contributed by atoms with Crippen LogP contribution in [0.3, 0.4) is 0 Å². The Kier molecular flexibility index (Phi) is 13.7. The van der Waals surface area contributed by atoms with Gasteiger partial charge in [0, 0.05) is 12.3 Å². The molecular formula is C45H74O19. The van der Waals surface area contributed by atoms with Gasteiger partial charge < -0.3 is 94.1 Å². The number of aliphatic hydroxyl groups is 11. The summed E-state index contributed by atoms with van der Waals surface area (Å²) < 4.78 is 48.7. The second kappa shape index (κ2) is 18.2. The zero-order valence-corrected chi connectivity index (χ0v) is 37.3. The fourth-order valence-corrected chi connectivity index (χ4v) is 14.7. The van der Waals surface area contributed by atoms with Gasteiger partial charge in [-0.05, 0) is 97.7 Å². The Balaban J connectivity index is 0.848. The van der Waals surface area contributed by atoms with E-state index in [1.165, 1.54) is 0 Å². The van der Waals surface area contributed by atoms with E-state index in [0.717, 1.165) is 51.6 Å². The van der Waals surface area contributed by atoms with Crippen molar-refractivity contribution in [2.45, 2.75) is 202 Å². The van der Waals surface area contributed by atoms with Crippen molar-refractivity contribution < 1.29 is 94.1 Å². The molecule has 28 atom stereocenters. The van der Waals surface area contributed by atoms with Crippen LogP contribution in [0.5, 0.6) is 0 Å². The zero-order valence-electron chi connectivity index (χ0n) is 37.3. The van der Waals surface area contributed by atoms with Gasteiger partial charge in [-0.15, -0.1) is 0 Å². The smallest absolute Gasteiger partial charge is 0.187 e. The van der Waals surface area contributed by atoms with E-state index >= 15 is 0 Å². The topological polar surface area (TPSA) is 296 Å². The minimum Gasteiger partial charge on any atom is -0.394 e. The maximum Gasteiger partial charge on any atom is 0.187 e. The second-order valence-corrected chi connectivity index (χ2v) is 21.7. The van der Waals surface area contributed by atoms with Crippen LogP contribution < -0.4 is 0 Å². The molecule has 1 unspecified atom stereocenters. The number of hydrogen-bond acceptors (Lipinski definition) is 19. The van der Waals surface area contributed by atoms with Crippen molar-refractivity contribution >= 4 is 0 Å².